The first-order valence-electron chi connectivity index (χ1n) is 8.29. The predicted octanol–water partition coefficient (Wildman–Crippen LogP) is 2.79. The van der Waals surface area contributed by atoms with Gasteiger partial charge >= 0.3 is 0 Å². The van der Waals surface area contributed by atoms with Crippen LogP contribution in [-0.2, 0) is 0 Å². The number of amidine groups is 1. The van der Waals surface area contributed by atoms with Gasteiger partial charge in [-0.2, -0.15) is 0 Å². The number of phenols is 1. The lowest BCUT2D eigenvalue weighted by Gasteiger charge is -2.43. The van der Waals surface area contributed by atoms with E-state index in [0.717, 1.165) is 31.9 Å². The van der Waals surface area contributed by atoms with Crippen molar-refractivity contribution in [3.05, 3.63) is 59.7 Å². The van der Waals surface area contributed by atoms with Gasteiger partial charge < -0.3 is 14.9 Å². The Kier molecular flexibility index (Phi) is 2.68. The third kappa shape index (κ3) is 1.81. The van der Waals surface area contributed by atoms with E-state index in [2.05, 4.69) is 46.2 Å². The van der Waals surface area contributed by atoms with Crippen LogP contribution >= 0.6 is 0 Å². The molecular formula is C19H19N3O. The second kappa shape index (κ2) is 4.75. The van der Waals surface area contributed by atoms with Crippen molar-refractivity contribution in [3.63, 3.8) is 0 Å². The molecule has 1 N–H and O–H groups in total. The van der Waals surface area contributed by atoms with Gasteiger partial charge in [-0.15, -0.1) is 0 Å². The zero-order valence-electron chi connectivity index (χ0n) is 12.9. The van der Waals surface area contributed by atoms with Gasteiger partial charge in [-0.3, -0.25) is 4.99 Å². The molecular weight excluding hydrogens is 286 g/mol. The quantitative estimate of drug-likeness (QED) is 0.880. The van der Waals surface area contributed by atoms with Crippen LogP contribution in [0.1, 0.15) is 23.5 Å². The van der Waals surface area contributed by atoms with Crippen molar-refractivity contribution in [1.29, 1.82) is 0 Å². The van der Waals surface area contributed by atoms with Crippen molar-refractivity contribution in [2.45, 2.75) is 18.5 Å². The number of aromatic hydroxyl groups is 1. The molecule has 5 rings (SSSR count). The van der Waals surface area contributed by atoms with Crippen LogP contribution in [0.3, 0.4) is 0 Å². The molecule has 3 aliphatic heterocycles. The summed E-state index contributed by atoms with van der Waals surface area (Å²) in [5, 5.41) is 9.57. The fraction of sp³-hybridized carbons (Fsp3) is 0.316. The Morgan fingerprint density at radius 3 is 2.65 bits per heavy atom. The van der Waals surface area contributed by atoms with Crippen molar-refractivity contribution >= 4 is 11.5 Å². The number of para-hydroxylation sites is 1. The van der Waals surface area contributed by atoms with Gasteiger partial charge in [-0.1, -0.05) is 24.3 Å². The van der Waals surface area contributed by atoms with Crippen molar-refractivity contribution in [3.8, 4) is 5.75 Å². The van der Waals surface area contributed by atoms with Crippen LogP contribution in [0.4, 0.5) is 5.69 Å². The highest BCUT2D eigenvalue weighted by Crippen LogP contribution is 2.44. The first kappa shape index (κ1) is 13.0. The van der Waals surface area contributed by atoms with Crippen LogP contribution in [0.2, 0.25) is 0 Å². The van der Waals surface area contributed by atoms with E-state index in [1.54, 1.807) is 12.1 Å². The molecule has 0 spiro atoms. The average Bonchev–Trinajstić information content (AvgIpc) is 3.22. The van der Waals surface area contributed by atoms with Crippen LogP contribution in [-0.4, -0.2) is 41.6 Å². The molecule has 0 radical (unpaired) electrons. The number of anilines is 1. The second-order valence-electron chi connectivity index (χ2n) is 6.51. The Labute approximate surface area is 135 Å². The van der Waals surface area contributed by atoms with Gasteiger partial charge in [0.25, 0.3) is 0 Å². The van der Waals surface area contributed by atoms with Crippen LogP contribution in [0, 0.1) is 0 Å². The average molecular weight is 305 g/mol. The summed E-state index contributed by atoms with van der Waals surface area (Å²) in [6.07, 6.45) is 1.48. The van der Waals surface area contributed by atoms with E-state index in [0.29, 0.717) is 17.8 Å². The molecule has 3 heterocycles. The van der Waals surface area contributed by atoms with Crippen molar-refractivity contribution < 1.29 is 5.11 Å². The molecule has 2 unspecified atom stereocenters. The number of nitrogens with zero attached hydrogens (tertiary/aromatic N) is 3. The molecule has 116 valence electrons. The van der Waals surface area contributed by atoms with Gasteiger partial charge in [0.05, 0.1) is 6.54 Å². The number of hydrogen-bond donors (Lipinski definition) is 1. The monoisotopic (exact) mass is 305 g/mol. The van der Waals surface area contributed by atoms with Crippen LogP contribution in [0.5, 0.6) is 5.75 Å². The van der Waals surface area contributed by atoms with E-state index in [4.69, 9.17) is 4.99 Å². The summed E-state index contributed by atoms with van der Waals surface area (Å²) < 4.78 is 0. The fourth-order valence-electron chi connectivity index (χ4n) is 4.36. The zero-order chi connectivity index (χ0) is 15.4. The predicted molar refractivity (Wildman–Crippen MR) is 91.2 cm³/mol. The van der Waals surface area contributed by atoms with Gasteiger partial charge in [0.15, 0.2) is 0 Å². The van der Waals surface area contributed by atoms with E-state index >= 15 is 0 Å². The van der Waals surface area contributed by atoms with E-state index in [9.17, 15) is 5.11 Å². The molecule has 2 atom stereocenters. The van der Waals surface area contributed by atoms with Gasteiger partial charge in [0, 0.05) is 30.3 Å². The van der Waals surface area contributed by atoms with Gasteiger partial charge in [-0.25, -0.2) is 0 Å². The maximum absolute atomic E-state index is 9.57. The Bertz CT molecular complexity index is 783. The summed E-state index contributed by atoms with van der Waals surface area (Å²) in [6, 6.07) is 16.4. The highest BCUT2D eigenvalue weighted by atomic mass is 16.3. The number of fused-ring (bicyclic) bond motifs is 6. The molecule has 2 aromatic carbocycles. The Morgan fingerprint density at radius 1 is 0.957 bits per heavy atom. The Balaban J connectivity index is 1.61. The summed E-state index contributed by atoms with van der Waals surface area (Å²) in [5.41, 5.74) is 3.89. The van der Waals surface area contributed by atoms with Gasteiger partial charge in [-0.05, 0) is 36.2 Å². The topological polar surface area (TPSA) is 39.1 Å². The first-order chi connectivity index (χ1) is 11.3. The van der Waals surface area contributed by atoms with Gasteiger partial charge in [0.2, 0.25) is 0 Å². The molecule has 0 bridgehead atoms. The molecule has 23 heavy (non-hydrogen) atoms. The second-order valence-corrected chi connectivity index (χ2v) is 6.51. The smallest absolute Gasteiger partial charge is 0.134 e. The lowest BCUT2D eigenvalue weighted by atomic mass is 9.93. The van der Waals surface area contributed by atoms with Gasteiger partial charge in [0.1, 0.15) is 17.8 Å². The first-order valence-corrected chi connectivity index (χ1v) is 8.29. The minimum atomic E-state index is 0.334. The molecule has 0 amide bonds. The molecule has 0 aliphatic carbocycles. The molecule has 4 nitrogen and oxygen atoms in total. The molecule has 0 saturated carbocycles. The summed E-state index contributed by atoms with van der Waals surface area (Å²) in [4.78, 5) is 9.80. The molecule has 1 saturated heterocycles. The Hall–Kier alpha value is -2.49. The molecule has 0 aromatic heterocycles. The molecule has 2 aromatic rings. The third-order valence-corrected chi connectivity index (χ3v) is 5.33. The summed E-state index contributed by atoms with van der Waals surface area (Å²) in [7, 11) is 0. The number of rotatable bonds is 1. The standard InChI is InChI=1S/C19H19N3O/c23-14-7-5-13(6-8-14)15-9-11-21-17-4-2-1-3-16(17)18-20-10-12-22(18)19(15)21/h1-8,15,19,23H,9-12H2. The molecule has 1 fully saturated rings. The molecule has 4 heteroatoms. The van der Waals surface area contributed by atoms with Crippen molar-refractivity contribution in [1.82, 2.24) is 4.90 Å². The van der Waals surface area contributed by atoms with Crippen LogP contribution in [0.25, 0.3) is 0 Å². The Morgan fingerprint density at radius 2 is 1.78 bits per heavy atom. The lowest BCUT2D eigenvalue weighted by Crippen LogP contribution is -2.53. The highest BCUT2D eigenvalue weighted by molar-refractivity contribution is 6.06. The SMILES string of the molecule is Oc1ccc(C2CCN3c4ccccc4C4=NCCN4C23)cc1. The minimum absolute atomic E-state index is 0.334. The lowest BCUT2D eigenvalue weighted by molar-refractivity contribution is 0.310. The van der Waals surface area contributed by atoms with E-state index in [1.165, 1.54) is 16.8 Å². The van der Waals surface area contributed by atoms with E-state index in [1.807, 2.05) is 0 Å². The number of hydrogen-bond acceptors (Lipinski definition) is 4. The minimum Gasteiger partial charge on any atom is -0.508 e. The van der Waals surface area contributed by atoms with Crippen LogP contribution in [0.15, 0.2) is 53.5 Å². The van der Waals surface area contributed by atoms with Crippen molar-refractivity contribution in [2.75, 3.05) is 24.5 Å². The largest absolute Gasteiger partial charge is 0.508 e. The van der Waals surface area contributed by atoms with Crippen molar-refractivity contribution in [2.24, 2.45) is 4.99 Å². The number of benzene rings is 2. The number of phenolic OH excluding ortho intramolecular Hbond substituents is 1. The maximum Gasteiger partial charge on any atom is 0.134 e. The fourth-order valence-corrected chi connectivity index (χ4v) is 4.36. The number of aliphatic imine (C=N–C) groups is 1. The highest BCUT2D eigenvalue weighted by Gasteiger charge is 2.45. The summed E-state index contributed by atoms with van der Waals surface area (Å²) in [5.74, 6) is 1.95. The molecule has 3 aliphatic rings. The van der Waals surface area contributed by atoms with E-state index in [-0.39, 0.29) is 0 Å². The maximum atomic E-state index is 9.57. The normalized spacial score (nSPS) is 25.0. The van der Waals surface area contributed by atoms with Crippen LogP contribution < -0.4 is 4.90 Å². The third-order valence-electron chi connectivity index (χ3n) is 5.33. The zero-order valence-corrected chi connectivity index (χ0v) is 12.9. The van der Waals surface area contributed by atoms with E-state index < -0.39 is 0 Å². The summed E-state index contributed by atoms with van der Waals surface area (Å²) >= 11 is 0. The summed E-state index contributed by atoms with van der Waals surface area (Å²) in [6.45, 7) is 2.95.